The Hall–Kier alpha value is -0.700. The van der Waals surface area contributed by atoms with Gasteiger partial charge >= 0.3 is 0 Å². The summed E-state index contributed by atoms with van der Waals surface area (Å²) in [5.41, 5.74) is 0. The Morgan fingerprint density at radius 3 is 2.30 bits per heavy atom. The fourth-order valence-corrected chi connectivity index (χ4v) is 0.553. The zero-order valence-electron chi connectivity index (χ0n) is 6.26. The van der Waals surface area contributed by atoms with Gasteiger partial charge in [0.05, 0.1) is 5.92 Å². The van der Waals surface area contributed by atoms with Crippen LogP contribution in [0.4, 0.5) is 0 Å². The van der Waals surface area contributed by atoms with Gasteiger partial charge in [0, 0.05) is 13.0 Å². The molecule has 0 rings (SSSR count). The molecule has 1 unspecified atom stereocenters. The van der Waals surface area contributed by atoms with Crippen LogP contribution in [0.1, 0.15) is 20.3 Å². The molecule has 3 heteroatoms. The van der Waals surface area contributed by atoms with Crippen LogP contribution in [0.15, 0.2) is 0 Å². The number of rotatable bonds is 4. The van der Waals surface area contributed by atoms with E-state index in [0.29, 0.717) is 0 Å². The maximum absolute atomic E-state index is 10.8. The van der Waals surface area contributed by atoms with Crippen molar-refractivity contribution in [1.82, 2.24) is 0 Å². The summed E-state index contributed by atoms with van der Waals surface area (Å²) in [6, 6.07) is 0. The van der Waals surface area contributed by atoms with Gasteiger partial charge in [-0.3, -0.25) is 9.59 Å². The molecule has 0 bridgehead atoms. The summed E-state index contributed by atoms with van der Waals surface area (Å²) in [4.78, 5) is 21.4. The summed E-state index contributed by atoms with van der Waals surface area (Å²) < 4.78 is 0. The molecule has 0 aromatic rings. The first kappa shape index (κ1) is 9.30. The number of Topliss-reactive ketones (excluding diaryl/α,β-unsaturated/α-hetero) is 2. The van der Waals surface area contributed by atoms with E-state index in [9.17, 15) is 9.59 Å². The van der Waals surface area contributed by atoms with Gasteiger partial charge in [-0.25, -0.2) is 0 Å². The Kier molecular flexibility index (Phi) is 3.88. The summed E-state index contributed by atoms with van der Waals surface area (Å²) in [7, 11) is 0. The molecule has 58 valence electrons. The Morgan fingerprint density at radius 1 is 1.50 bits per heavy atom. The first-order valence-corrected chi connectivity index (χ1v) is 3.23. The lowest BCUT2D eigenvalue weighted by Gasteiger charge is -2.02. The summed E-state index contributed by atoms with van der Waals surface area (Å²) in [5.74, 6) is -0.874. The van der Waals surface area contributed by atoms with E-state index in [2.05, 4.69) is 0 Å². The molecule has 0 saturated carbocycles. The first-order chi connectivity index (χ1) is 4.59. The van der Waals surface area contributed by atoms with E-state index in [1.165, 1.54) is 6.92 Å². The van der Waals surface area contributed by atoms with Crippen molar-refractivity contribution in [2.75, 3.05) is 6.61 Å². The number of carbonyl (C=O) groups excluding carboxylic acids is 2. The second kappa shape index (κ2) is 4.17. The van der Waals surface area contributed by atoms with Crippen LogP contribution in [-0.2, 0) is 9.59 Å². The monoisotopic (exact) mass is 144 g/mol. The van der Waals surface area contributed by atoms with Gasteiger partial charge in [0.2, 0.25) is 0 Å². The molecule has 0 heterocycles. The number of aliphatic hydroxyl groups is 1. The molecule has 0 spiro atoms. The lowest BCUT2D eigenvalue weighted by atomic mass is 10.0. The summed E-state index contributed by atoms with van der Waals surface area (Å²) in [6.45, 7) is 2.76. The third-order valence-electron chi connectivity index (χ3n) is 1.45. The van der Waals surface area contributed by atoms with Crippen molar-refractivity contribution >= 4 is 11.6 Å². The van der Waals surface area contributed by atoms with E-state index in [4.69, 9.17) is 5.11 Å². The molecule has 0 radical (unpaired) electrons. The zero-order chi connectivity index (χ0) is 8.15. The predicted molar refractivity (Wildman–Crippen MR) is 36.6 cm³/mol. The largest absolute Gasteiger partial charge is 0.396 e. The number of ketones is 2. The van der Waals surface area contributed by atoms with Gasteiger partial charge in [-0.1, -0.05) is 0 Å². The number of hydrogen-bond acceptors (Lipinski definition) is 3. The molecule has 0 saturated heterocycles. The molecule has 0 aliphatic rings. The van der Waals surface area contributed by atoms with Gasteiger partial charge in [-0.15, -0.1) is 0 Å². The lowest BCUT2D eigenvalue weighted by Crippen LogP contribution is -2.19. The molecule has 0 aromatic heterocycles. The van der Waals surface area contributed by atoms with Gasteiger partial charge in [-0.2, -0.15) is 0 Å². The Bertz CT molecular complexity index is 140. The van der Waals surface area contributed by atoms with E-state index in [1.807, 2.05) is 0 Å². The van der Waals surface area contributed by atoms with Crippen molar-refractivity contribution in [1.29, 1.82) is 0 Å². The van der Waals surface area contributed by atoms with Crippen LogP contribution in [0.5, 0.6) is 0 Å². The summed E-state index contributed by atoms with van der Waals surface area (Å²) >= 11 is 0. The highest BCUT2D eigenvalue weighted by molar-refractivity contribution is 6.00. The average Bonchev–Trinajstić information content (AvgIpc) is 1.87. The first-order valence-electron chi connectivity index (χ1n) is 3.23. The highest BCUT2D eigenvalue weighted by Gasteiger charge is 2.15. The minimum absolute atomic E-state index is 0.0841. The minimum Gasteiger partial charge on any atom is -0.396 e. The quantitative estimate of drug-likeness (QED) is 0.572. The Balaban J connectivity index is 3.82. The van der Waals surface area contributed by atoms with E-state index in [0.717, 1.165) is 0 Å². The van der Waals surface area contributed by atoms with Crippen LogP contribution in [0.2, 0.25) is 0 Å². The van der Waals surface area contributed by atoms with Crippen LogP contribution in [0.25, 0.3) is 0 Å². The second-order valence-electron chi connectivity index (χ2n) is 2.27. The highest BCUT2D eigenvalue weighted by Crippen LogP contribution is 2.00. The fraction of sp³-hybridized carbons (Fsp3) is 0.714. The number of aliphatic hydroxyl groups excluding tert-OH is 1. The van der Waals surface area contributed by atoms with Crippen LogP contribution in [-0.4, -0.2) is 23.3 Å². The number of hydrogen-bond donors (Lipinski definition) is 1. The highest BCUT2D eigenvalue weighted by atomic mass is 16.3. The van der Waals surface area contributed by atoms with Crippen LogP contribution in [0.3, 0.4) is 0 Å². The van der Waals surface area contributed by atoms with Gasteiger partial charge in [-0.05, 0) is 13.8 Å². The molecule has 1 atom stereocenters. The lowest BCUT2D eigenvalue weighted by molar-refractivity contribution is -0.131. The molecule has 0 amide bonds. The van der Waals surface area contributed by atoms with Gasteiger partial charge in [0.25, 0.3) is 0 Å². The van der Waals surface area contributed by atoms with E-state index < -0.39 is 5.92 Å². The van der Waals surface area contributed by atoms with Gasteiger partial charge in [0.15, 0.2) is 0 Å². The average molecular weight is 144 g/mol. The van der Waals surface area contributed by atoms with E-state index in [-0.39, 0.29) is 24.6 Å². The minimum atomic E-state index is -0.549. The molecular weight excluding hydrogens is 132 g/mol. The SMILES string of the molecule is CC(=O)C(C)C(=O)CCO. The standard InChI is InChI=1S/C7H12O3/c1-5(6(2)9)7(10)3-4-8/h5,8H,3-4H2,1-2H3. The van der Waals surface area contributed by atoms with Crippen LogP contribution in [0, 0.1) is 5.92 Å². The number of carbonyl (C=O) groups is 2. The Morgan fingerprint density at radius 2 is 2.00 bits per heavy atom. The molecule has 0 aromatic carbocycles. The topological polar surface area (TPSA) is 54.4 Å². The normalized spacial score (nSPS) is 12.7. The van der Waals surface area contributed by atoms with E-state index >= 15 is 0 Å². The van der Waals surface area contributed by atoms with E-state index in [1.54, 1.807) is 6.92 Å². The zero-order valence-corrected chi connectivity index (χ0v) is 6.26. The van der Waals surface area contributed by atoms with Crippen molar-refractivity contribution < 1.29 is 14.7 Å². The third-order valence-corrected chi connectivity index (χ3v) is 1.45. The van der Waals surface area contributed by atoms with Gasteiger partial charge in [0.1, 0.15) is 11.6 Å². The van der Waals surface area contributed by atoms with Crippen molar-refractivity contribution in [2.45, 2.75) is 20.3 Å². The van der Waals surface area contributed by atoms with Crippen molar-refractivity contribution in [3.8, 4) is 0 Å². The molecular formula is C7H12O3. The van der Waals surface area contributed by atoms with Crippen molar-refractivity contribution in [3.63, 3.8) is 0 Å². The van der Waals surface area contributed by atoms with Crippen molar-refractivity contribution in [3.05, 3.63) is 0 Å². The van der Waals surface area contributed by atoms with Crippen molar-refractivity contribution in [2.24, 2.45) is 5.92 Å². The summed E-state index contributed by atoms with van der Waals surface area (Å²) in [5, 5.41) is 8.34. The van der Waals surface area contributed by atoms with Crippen LogP contribution >= 0.6 is 0 Å². The predicted octanol–water partition coefficient (Wildman–Crippen LogP) is 0.163. The molecule has 1 N–H and O–H groups in total. The second-order valence-corrected chi connectivity index (χ2v) is 2.27. The molecule has 0 aliphatic heterocycles. The molecule has 3 nitrogen and oxygen atoms in total. The maximum Gasteiger partial charge on any atom is 0.145 e. The molecule has 0 aliphatic carbocycles. The summed E-state index contributed by atoms with van der Waals surface area (Å²) in [6.07, 6.45) is 0.0841. The molecule has 0 fully saturated rings. The Labute approximate surface area is 60.0 Å². The smallest absolute Gasteiger partial charge is 0.145 e. The maximum atomic E-state index is 10.8. The third kappa shape index (κ3) is 2.73. The van der Waals surface area contributed by atoms with Crippen LogP contribution < -0.4 is 0 Å². The molecule has 10 heavy (non-hydrogen) atoms. The fourth-order valence-electron chi connectivity index (χ4n) is 0.553. The van der Waals surface area contributed by atoms with Gasteiger partial charge < -0.3 is 5.11 Å².